The largest absolute Gasteiger partial charge is 0.495 e. The summed E-state index contributed by atoms with van der Waals surface area (Å²) in [5.41, 5.74) is 0.508. The van der Waals surface area contributed by atoms with Crippen molar-refractivity contribution in [3.05, 3.63) is 48.0 Å². The van der Waals surface area contributed by atoms with Crippen molar-refractivity contribution in [2.75, 3.05) is 39.6 Å². The van der Waals surface area contributed by atoms with Crippen LogP contribution in [0.4, 0.5) is 5.69 Å². The summed E-state index contributed by atoms with van der Waals surface area (Å²) in [6.45, 7) is 1.00. The van der Waals surface area contributed by atoms with Gasteiger partial charge in [0, 0.05) is 38.4 Å². The Morgan fingerprint density at radius 2 is 1.61 bits per heavy atom. The Labute approximate surface area is 182 Å². The standard InChI is InChI=1S/C20H25N3O6S2/c1-22(2)31(27,28)19-14-16(8-11-18(19)29-3)21-20(24)15-6-9-17(10-7-15)30(25,26)23-12-4-5-13-23/h6-11,14H,4-5,12-13H2,1-3H3,(H,21,24). The maximum absolute atomic E-state index is 12.6. The average molecular weight is 468 g/mol. The fourth-order valence-corrected chi connectivity index (χ4v) is 5.80. The van der Waals surface area contributed by atoms with Gasteiger partial charge in [0.05, 0.1) is 12.0 Å². The number of nitrogens with one attached hydrogen (secondary N) is 1. The van der Waals surface area contributed by atoms with E-state index in [2.05, 4.69) is 5.32 Å². The van der Waals surface area contributed by atoms with Crippen LogP contribution in [0.3, 0.4) is 0 Å². The minimum atomic E-state index is -3.79. The molecule has 11 heteroatoms. The van der Waals surface area contributed by atoms with Gasteiger partial charge in [-0.05, 0) is 55.3 Å². The highest BCUT2D eigenvalue weighted by Crippen LogP contribution is 2.29. The highest BCUT2D eigenvalue weighted by atomic mass is 32.2. The van der Waals surface area contributed by atoms with Gasteiger partial charge in [0.15, 0.2) is 0 Å². The van der Waals surface area contributed by atoms with Crippen molar-refractivity contribution >= 4 is 31.6 Å². The molecule has 1 saturated heterocycles. The first kappa shape index (κ1) is 23.2. The fraction of sp³-hybridized carbons (Fsp3) is 0.350. The number of anilines is 1. The number of hydrogen-bond acceptors (Lipinski definition) is 6. The predicted molar refractivity (Wildman–Crippen MR) is 116 cm³/mol. The van der Waals surface area contributed by atoms with Gasteiger partial charge in [0.2, 0.25) is 20.0 Å². The van der Waals surface area contributed by atoms with Gasteiger partial charge in [-0.15, -0.1) is 0 Å². The lowest BCUT2D eigenvalue weighted by Gasteiger charge is -2.16. The molecule has 1 aliphatic heterocycles. The topological polar surface area (TPSA) is 113 Å². The fourth-order valence-electron chi connectivity index (χ4n) is 3.21. The number of sulfonamides is 2. The zero-order valence-corrected chi connectivity index (χ0v) is 19.2. The molecule has 0 aromatic heterocycles. The Balaban J connectivity index is 1.82. The van der Waals surface area contributed by atoms with Crippen molar-refractivity contribution < 1.29 is 26.4 Å². The molecule has 3 rings (SSSR count). The Morgan fingerprint density at radius 1 is 1.00 bits per heavy atom. The zero-order valence-electron chi connectivity index (χ0n) is 17.5. The van der Waals surface area contributed by atoms with Crippen LogP contribution >= 0.6 is 0 Å². The van der Waals surface area contributed by atoms with Crippen LogP contribution in [-0.2, 0) is 20.0 Å². The van der Waals surface area contributed by atoms with E-state index in [-0.39, 0.29) is 26.8 Å². The SMILES string of the molecule is COc1ccc(NC(=O)c2ccc(S(=O)(=O)N3CCCC3)cc2)cc1S(=O)(=O)N(C)C. The van der Waals surface area contributed by atoms with Gasteiger partial charge in [-0.2, -0.15) is 4.31 Å². The molecule has 31 heavy (non-hydrogen) atoms. The molecule has 0 spiro atoms. The monoisotopic (exact) mass is 467 g/mol. The summed E-state index contributed by atoms with van der Waals surface area (Å²) >= 11 is 0. The average Bonchev–Trinajstić information content (AvgIpc) is 3.29. The summed E-state index contributed by atoms with van der Waals surface area (Å²) in [6, 6.07) is 9.96. The molecule has 1 N–H and O–H groups in total. The third-order valence-corrected chi connectivity index (χ3v) is 8.75. The number of amides is 1. The Morgan fingerprint density at radius 3 is 2.16 bits per heavy atom. The van der Waals surface area contributed by atoms with Gasteiger partial charge < -0.3 is 10.1 Å². The van der Waals surface area contributed by atoms with E-state index in [0.717, 1.165) is 17.1 Å². The number of methoxy groups -OCH3 is 1. The van der Waals surface area contributed by atoms with Crippen LogP contribution in [0.2, 0.25) is 0 Å². The highest BCUT2D eigenvalue weighted by molar-refractivity contribution is 7.89. The van der Waals surface area contributed by atoms with Crippen LogP contribution in [0.1, 0.15) is 23.2 Å². The van der Waals surface area contributed by atoms with Crippen molar-refractivity contribution in [3.63, 3.8) is 0 Å². The van der Waals surface area contributed by atoms with E-state index in [1.165, 1.54) is 68.0 Å². The number of hydrogen-bond donors (Lipinski definition) is 1. The molecule has 0 aliphatic carbocycles. The molecule has 0 saturated carbocycles. The van der Waals surface area contributed by atoms with Crippen molar-refractivity contribution in [2.24, 2.45) is 0 Å². The van der Waals surface area contributed by atoms with Crippen LogP contribution < -0.4 is 10.1 Å². The van der Waals surface area contributed by atoms with E-state index in [9.17, 15) is 21.6 Å². The Hall–Kier alpha value is -2.47. The Bertz CT molecular complexity index is 1170. The third kappa shape index (κ3) is 4.74. The lowest BCUT2D eigenvalue weighted by Crippen LogP contribution is -2.27. The van der Waals surface area contributed by atoms with Gasteiger partial charge in [0.1, 0.15) is 10.6 Å². The lowest BCUT2D eigenvalue weighted by molar-refractivity contribution is 0.102. The van der Waals surface area contributed by atoms with E-state index >= 15 is 0 Å². The summed E-state index contributed by atoms with van der Waals surface area (Å²) in [6.07, 6.45) is 1.68. The van der Waals surface area contributed by atoms with E-state index < -0.39 is 26.0 Å². The van der Waals surface area contributed by atoms with Crippen molar-refractivity contribution in [3.8, 4) is 5.75 Å². The number of rotatable bonds is 7. The molecule has 1 fully saturated rings. The third-order valence-electron chi connectivity index (χ3n) is 5.00. The summed E-state index contributed by atoms with van der Waals surface area (Å²) in [5, 5.41) is 2.64. The molecule has 0 radical (unpaired) electrons. The molecule has 168 valence electrons. The first-order valence-electron chi connectivity index (χ1n) is 9.59. The second-order valence-corrected chi connectivity index (χ2v) is 11.3. The van der Waals surface area contributed by atoms with Gasteiger partial charge >= 0.3 is 0 Å². The molecule has 2 aromatic rings. The quantitative estimate of drug-likeness (QED) is 0.666. The molecule has 9 nitrogen and oxygen atoms in total. The van der Waals surface area contributed by atoms with E-state index in [0.29, 0.717) is 13.1 Å². The maximum atomic E-state index is 12.6. The van der Waals surface area contributed by atoms with Gasteiger partial charge in [-0.1, -0.05) is 0 Å². The van der Waals surface area contributed by atoms with Crippen molar-refractivity contribution in [2.45, 2.75) is 22.6 Å². The van der Waals surface area contributed by atoms with Crippen LogP contribution in [0.25, 0.3) is 0 Å². The summed E-state index contributed by atoms with van der Waals surface area (Å²) in [5.74, 6) is -0.341. The van der Waals surface area contributed by atoms with Crippen LogP contribution in [-0.4, -0.2) is 65.6 Å². The minimum Gasteiger partial charge on any atom is -0.495 e. The maximum Gasteiger partial charge on any atom is 0.255 e. The van der Waals surface area contributed by atoms with Crippen molar-refractivity contribution in [1.82, 2.24) is 8.61 Å². The van der Waals surface area contributed by atoms with Crippen LogP contribution in [0, 0.1) is 0 Å². The summed E-state index contributed by atoms with van der Waals surface area (Å²) in [7, 11) is -3.19. The Kier molecular flexibility index (Phi) is 6.70. The molecule has 1 heterocycles. The normalized spacial score (nSPS) is 15.2. The second kappa shape index (κ2) is 8.95. The zero-order chi connectivity index (χ0) is 22.8. The van der Waals surface area contributed by atoms with Gasteiger partial charge in [-0.25, -0.2) is 21.1 Å². The molecular weight excluding hydrogens is 442 g/mol. The smallest absolute Gasteiger partial charge is 0.255 e. The molecule has 0 unspecified atom stereocenters. The number of benzene rings is 2. The predicted octanol–water partition coefficient (Wildman–Crippen LogP) is 1.98. The van der Waals surface area contributed by atoms with Gasteiger partial charge in [-0.3, -0.25) is 4.79 Å². The van der Waals surface area contributed by atoms with Crippen LogP contribution in [0.15, 0.2) is 52.3 Å². The molecule has 1 aliphatic rings. The molecular formula is C20H25N3O6S2. The van der Waals surface area contributed by atoms with E-state index in [1.54, 1.807) is 0 Å². The van der Waals surface area contributed by atoms with E-state index in [1.807, 2.05) is 0 Å². The first-order valence-corrected chi connectivity index (χ1v) is 12.5. The van der Waals surface area contributed by atoms with Gasteiger partial charge in [0.25, 0.3) is 5.91 Å². The number of carbonyl (C=O) groups is 1. The molecule has 1 amide bonds. The highest BCUT2D eigenvalue weighted by Gasteiger charge is 2.27. The molecule has 2 aromatic carbocycles. The van der Waals surface area contributed by atoms with Crippen molar-refractivity contribution in [1.29, 1.82) is 0 Å². The summed E-state index contributed by atoms with van der Waals surface area (Å²) in [4.78, 5) is 12.7. The number of ether oxygens (including phenoxy) is 1. The minimum absolute atomic E-state index is 0.0788. The number of nitrogens with zero attached hydrogens (tertiary/aromatic N) is 2. The molecule has 0 atom stereocenters. The first-order chi connectivity index (χ1) is 14.6. The summed E-state index contributed by atoms with van der Waals surface area (Å²) < 4.78 is 57.9. The number of carbonyl (C=O) groups excluding carboxylic acids is 1. The second-order valence-electron chi connectivity index (χ2n) is 7.24. The molecule has 0 bridgehead atoms. The lowest BCUT2D eigenvalue weighted by atomic mass is 10.2. The van der Waals surface area contributed by atoms with E-state index in [4.69, 9.17) is 4.74 Å². The van der Waals surface area contributed by atoms with Crippen LogP contribution in [0.5, 0.6) is 5.75 Å².